The second-order valence-corrected chi connectivity index (χ2v) is 7.16. The number of benzene rings is 2. The minimum absolute atomic E-state index is 0.0581. The third-order valence-corrected chi connectivity index (χ3v) is 4.88. The Morgan fingerprint density at radius 3 is 2.39 bits per heavy atom. The summed E-state index contributed by atoms with van der Waals surface area (Å²) in [5.41, 5.74) is -0.511. The van der Waals surface area contributed by atoms with Crippen LogP contribution in [0.2, 0.25) is 5.02 Å². The number of aryl methyl sites for hydroxylation is 1. The van der Waals surface area contributed by atoms with Gasteiger partial charge in [0.1, 0.15) is 10.7 Å². The molecule has 0 saturated heterocycles. The van der Waals surface area contributed by atoms with E-state index >= 15 is 0 Å². The van der Waals surface area contributed by atoms with Crippen molar-refractivity contribution < 1.29 is 28.8 Å². The number of esters is 1. The molecule has 0 spiro atoms. The highest BCUT2D eigenvalue weighted by molar-refractivity contribution is 6.33. The maximum atomic E-state index is 12.9. The molecular weight excluding hydrogens is 454 g/mol. The lowest BCUT2D eigenvalue weighted by Gasteiger charge is -2.10. The third kappa shape index (κ3) is 5.31. The average Bonchev–Trinajstić information content (AvgIpc) is 3.23. The number of rotatable bonds is 7. The van der Waals surface area contributed by atoms with Crippen LogP contribution in [0, 0.1) is 10.1 Å². The summed E-state index contributed by atoms with van der Waals surface area (Å²) in [7, 11) is 1.63. The quantitative estimate of drug-likeness (QED) is 0.243. The number of nitrogens with zero attached hydrogens (tertiary/aromatic N) is 2. The standard InChI is InChI=1S/C22H16ClN3O7/c1-25-10-4-7-17(25)21(29)24-19(27)12-33-22(30)15-6-3-2-5-14(15)20(28)13-8-9-16(23)18(11-13)26(31)32/h2-11H,12H2,1H3,(H,24,27,29). The van der Waals surface area contributed by atoms with Crippen molar-refractivity contribution in [3.8, 4) is 0 Å². The van der Waals surface area contributed by atoms with Crippen molar-refractivity contribution in [3.63, 3.8) is 0 Å². The summed E-state index contributed by atoms with van der Waals surface area (Å²) < 4.78 is 6.47. The second kappa shape index (κ2) is 9.88. The maximum Gasteiger partial charge on any atom is 0.339 e. The predicted molar refractivity (Wildman–Crippen MR) is 116 cm³/mol. The molecular formula is C22H16ClN3O7. The molecule has 1 N–H and O–H groups in total. The molecule has 2 amide bonds. The van der Waals surface area contributed by atoms with Gasteiger partial charge in [0.25, 0.3) is 17.5 Å². The highest BCUT2D eigenvalue weighted by Crippen LogP contribution is 2.27. The smallest absolute Gasteiger partial charge is 0.339 e. The summed E-state index contributed by atoms with van der Waals surface area (Å²) in [6.45, 7) is -0.760. The Bertz CT molecular complexity index is 1280. The maximum absolute atomic E-state index is 12.9. The molecule has 1 heterocycles. The van der Waals surface area contributed by atoms with E-state index in [1.54, 1.807) is 19.3 Å². The molecule has 0 atom stereocenters. The molecule has 0 aliphatic carbocycles. The van der Waals surface area contributed by atoms with Gasteiger partial charge in [0.05, 0.1) is 10.5 Å². The van der Waals surface area contributed by atoms with Crippen LogP contribution in [-0.2, 0) is 16.6 Å². The zero-order chi connectivity index (χ0) is 24.1. The lowest BCUT2D eigenvalue weighted by Crippen LogP contribution is -2.35. The summed E-state index contributed by atoms with van der Waals surface area (Å²) in [6, 6.07) is 12.3. The van der Waals surface area contributed by atoms with Crippen molar-refractivity contribution >= 4 is 40.9 Å². The van der Waals surface area contributed by atoms with Crippen LogP contribution in [0.4, 0.5) is 5.69 Å². The van der Waals surface area contributed by atoms with Gasteiger partial charge in [0, 0.05) is 30.4 Å². The first-order valence-electron chi connectivity index (χ1n) is 9.39. The van der Waals surface area contributed by atoms with Crippen LogP contribution >= 0.6 is 11.6 Å². The van der Waals surface area contributed by atoms with E-state index < -0.39 is 40.8 Å². The number of aromatic nitrogens is 1. The van der Waals surface area contributed by atoms with Crippen molar-refractivity contribution in [1.82, 2.24) is 9.88 Å². The van der Waals surface area contributed by atoms with Crippen LogP contribution in [-0.4, -0.2) is 39.7 Å². The first kappa shape index (κ1) is 23.4. The Morgan fingerprint density at radius 1 is 1.06 bits per heavy atom. The molecule has 0 saturated carbocycles. The Morgan fingerprint density at radius 2 is 1.76 bits per heavy atom. The van der Waals surface area contributed by atoms with E-state index in [4.69, 9.17) is 16.3 Å². The minimum Gasteiger partial charge on any atom is -0.452 e. The summed E-state index contributed by atoms with van der Waals surface area (Å²) in [4.78, 5) is 59.9. The fourth-order valence-electron chi connectivity index (χ4n) is 2.94. The number of ether oxygens (including phenoxy) is 1. The number of amides is 2. The molecule has 10 nitrogen and oxygen atoms in total. The number of nitro benzene ring substituents is 1. The van der Waals surface area contributed by atoms with Crippen molar-refractivity contribution in [3.05, 3.63) is 98.3 Å². The van der Waals surface area contributed by atoms with Crippen LogP contribution in [0.15, 0.2) is 60.8 Å². The zero-order valence-electron chi connectivity index (χ0n) is 17.1. The monoisotopic (exact) mass is 469 g/mol. The highest BCUT2D eigenvalue weighted by Gasteiger charge is 2.23. The second-order valence-electron chi connectivity index (χ2n) is 6.76. The molecule has 0 unspecified atom stereocenters. The number of carbonyl (C=O) groups excluding carboxylic acids is 4. The summed E-state index contributed by atoms with van der Waals surface area (Å²) in [6.07, 6.45) is 1.63. The molecule has 0 aliphatic heterocycles. The van der Waals surface area contributed by atoms with Gasteiger partial charge in [0.2, 0.25) is 0 Å². The Kier molecular flexibility index (Phi) is 6.99. The molecule has 168 valence electrons. The molecule has 0 bridgehead atoms. The van der Waals surface area contributed by atoms with Gasteiger partial charge < -0.3 is 9.30 Å². The van der Waals surface area contributed by atoms with Crippen molar-refractivity contribution in [2.24, 2.45) is 7.05 Å². The summed E-state index contributed by atoms with van der Waals surface area (Å²) >= 11 is 5.78. The molecule has 0 aliphatic rings. The van der Waals surface area contributed by atoms with Crippen molar-refractivity contribution in [2.45, 2.75) is 0 Å². The minimum atomic E-state index is -0.983. The molecule has 0 fully saturated rings. The van der Waals surface area contributed by atoms with Gasteiger partial charge in [-0.3, -0.25) is 29.8 Å². The number of carbonyl (C=O) groups is 4. The van der Waals surface area contributed by atoms with E-state index in [0.29, 0.717) is 0 Å². The van der Waals surface area contributed by atoms with Crippen molar-refractivity contribution in [1.29, 1.82) is 0 Å². The van der Waals surface area contributed by atoms with Gasteiger partial charge in [-0.25, -0.2) is 4.79 Å². The summed E-state index contributed by atoms with van der Waals surface area (Å²) in [5.74, 6) is -3.18. The Labute approximate surface area is 191 Å². The largest absolute Gasteiger partial charge is 0.452 e. The third-order valence-electron chi connectivity index (χ3n) is 4.56. The van der Waals surface area contributed by atoms with Crippen LogP contribution in [0.25, 0.3) is 0 Å². The van der Waals surface area contributed by atoms with E-state index in [0.717, 1.165) is 6.07 Å². The van der Waals surface area contributed by atoms with Crippen molar-refractivity contribution in [2.75, 3.05) is 6.61 Å². The molecule has 0 radical (unpaired) electrons. The van der Waals surface area contributed by atoms with Gasteiger partial charge >= 0.3 is 5.97 Å². The average molecular weight is 470 g/mol. The normalized spacial score (nSPS) is 10.4. The van der Waals surface area contributed by atoms with Gasteiger partial charge in [-0.15, -0.1) is 0 Å². The Hall–Kier alpha value is -4.31. The first-order chi connectivity index (χ1) is 15.7. The number of hydrogen-bond donors (Lipinski definition) is 1. The van der Waals surface area contributed by atoms with E-state index in [9.17, 15) is 29.3 Å². The molecule has 2 aromatic carbocycles. The molecule has 3 rings (SSSR count). The highest BCUT2D eigenvalue weighted by atomic mass is 35.5. The van der Waals surface area contributed by atoms with Gasteiger partial charge in [-0.2, -0.15) is 0 Å². The van der Waals surface area contributed by atoms with Crippen LogP contribution in [0.5, 0.6) is 0 Å². The number of ketones is 1. The van der Waals surface area contributed by atoms with E-state index in [-0.39, 0.29) is 27.4 Å². The van der Waals surface area contributed by atoms with Gasteiger partial charge in [-0.05, 0) is 30.3 Å². The molecule has 11 heteroatoms. The van der Waals surface area contributed by atoms with Crippen LogP contribution in [0.3, 0.4) is 0 Å². The number of nitrogens with one attached hydrogen (secondary N) is 1. The fraction of sp³-hybridized carbons (Fsp3) is 0.0909. The van der Waals surface area contributed by atoms with E-state index in [1.165, 1.54) is 47.0 Å². The van der Waals surface area contributed by atoms with E-state index in [1.807, 2.05) is 0 Å². The lowest BCUT2D eigenvalue weighted by molar-refractivity contribution is -0.384. The topological polar surface area (TPSA) is 138 Å². The predicted octanol–water partition coefficient (Wildman–Crippen LogP) is 2.93. The fourth-order valence-corrected chi connectivity index (χ4v) is 3.13. The number of halogens is 1. The molecule has 1 aromatic heterocycles. The molecule has 3 aromatic rings. The number of nitro groups is 1. The Balaban J connectivity index is 1.73. The number of imide groups is 1. The molecule has 33 heavy (non-hydrogen) atoms. The zero-order valence-corrected chi connectivity index (χ0v) is 17.9. The van der Waals surface area contributed by atoms with Gasteiger partial charge in [-0.1, -0.05) is 29.8 Å². The first-order valence-corrected chi connectivity index (χ1v) is 9.77. The summed E-state index contributed by atoms with van der Waals surface area (Å²) in [5, 5.41) is 13.1. The lowest BCUT2D eigenvalue weighted by atomic mass is 9.98. The van der Waals surface area contributed by atoms with Crippen LogP contribution in [0.1, 0.15) is 36.8 Å². The SMILES string of the molecule is Cn1cccc1C(=O)NC(=O)COC(=O)c1ccccc1C(=O)c1ccc(Cl)c([N+](=O)[O-])c1. The van der Waals surface area contributed by atoms with E-state index in [2.05, 4.69) is 5.32 Å². The van der Waals surface area contributed by atoms with Gasteiger partial charge in [0.15, 0.2) is 12.4 Å². The number of hydrogen-bond acceptors (Lipinski definition) is 7. The van der Waals surface area contributed by atoms with Crippen LogP contribution < -0.4 is 5.32 Å².